The van der Waals surface area contributed by atoms with E-state index in [0.29, 0.717) is 26.2 Å². The summed E-state index contributed by atoms with van der Waals surface area (Å²) in [5.74, 6) is -0.775. The van der Waals surface area contributed by atoms with Gasteiger partial charge in [-0.15, -0.1) is 0 Å². The van der Waals surface area contributed by atoms with Crippen LogP contribution in [0.1, 0.15) is 41.9 Å². The molecule has 2 aliphatic rings. The summed E-state index contributed by atoms with van der Waals surface area (Å²) < 4.78 is 13.3. The maximum absolute atomic E-state index is 13.8. The van der Waals surface area contributed by atoms with Crippen molar-refractivity contribution in [3.8, 4) is 0 Å². The molecule has 34 heavy (non-hydrogen) atoms. The van der Waals surface area contributed by atoms with E-state index in [4.69, 9.17) is 0 Å². The number of carbonyl (C=O) groups is 3. The van der Waals surface area contributed by atoms with Crippen LogP contribution in [0.25, 0.3) is 0 Å². The van der Waals surface area contributed by atoms with Gasteiger partial charge in [-0.25, -0.2) is 4.39 Å². The highest BCUT2D eigenvalue weighted by Crippen LogP contribution is 2.42. The lowest BCUT2D eigenvalue weighted by molar-refractivity contribution is -0.142. The summed E-state index contributed by atoms with van der Waals surface area (Å²) in [5, 5.41) is 0. The Balaban J connectivity index is 1.58. The van der Waals surface area contributed by atoms with Crippen LogP contribution in [-0.4, -0.2) is 72.7 Å². The zero-order chi connectivity index (χ0) is 24.5. The zero-order valence-corrected chi connectivity index (χ0v) is 20.1. The van der Waals surface area contributed by atoms with Crippen molar-refractivity contribution in [3.05, 3.63) is 71.0 Å². The van der Waals surface area contributed by atoms with Gasteiger partial charge in [0.05, 0.1) is 5.41 Å². The zero-order valence-electron chi connectivity index (χ0n) is 20.1. The Bertz CT molecular complexity index is 1080. The topological polar surface area (TPSA) is 60.9 Å². The summed E-state index contributed by atoms with van der Waals surface area (Å²) in [5.41, 5.74) is 1.48. The second-order valence-electron chi connectivity index (χ2n) is 9.78. The average molecular weight is 466 g/mol. The molecule has 6 nitrogen and oxygen atoms in total. The van der Waals surface area contributed by atoms with Crippen molar-refractivity contribution in [2.24, 2.45) is 0 Å². The van der Waals surface area contributed by atoms with Gasteiger partial charge in [-0.3, -0.25) is 19.3 Å². The molecule has 0 N–H and O–H groups in total. The fraction of sp³-hybridized carbons (Fsp3) is 0.444. The first-order valence-corrected chi connectivity index (χ1v) is 11.8. The summed E-state index contributed by atoms with van der Waals surface area (Å²) >= 11 is 0. The third-order valence-electron chi connectivity index (χ3n) is 7.18. The average Bonchev–Trinajstić information content (AvgIpc) is 3.37. The third-order valence-corrected chi connectivity index (χ3v) is 7.18. The number of nitrogens with zero attached hydrogens (tertiary/aromatic N) is 3. The van der Waals surface area contributed by atoms with Gasteiger partial charge in [0, 0.05) is 44.9 Å². The van der Waals surface area contributed by atoms with Crippen molar-refractivity contribution in [3.63, 3.8) is 0 Å². The standard InChI is InChI=1S/C27H32FN3O3/c1-19-6-4-5-7-23(19)27(17-25(33)31(26(27)34)15-14-29(2)3)16-24(32)30-13-12-21(18-30)20-8-10-22(28)11-9-20/h4-11,21H,12-18H2,1-3H3/t21-,27+/m0/s1. The van der Waals surface area contributed by atoms with Crippen molar-refractivity contribution >= 4 is 17.7 Å². The van der Waals surface area contributed by atoms with Gasteiger partial charge in [-0.1, -0.05) is 36.4 Å². The van der Waals surface area contributed by atoms with Gasteiger partial charge in [0.2, 0.25) is 17.7 Å². The Labute approximate surface area is 200 Å². The lowest BCUT2D eigenvalue weighted by Crippen LogP contribution is -2.44. The lowest BCUT2D eigenvalue weighted by Gasteiger charge is -2.30. The van der Waals surface area contributed by atoms with E-state index in [9.17, 15) is 18.8 Å². The summed E-state index contributed by atoms with van der Waals surface area (Å²) in [6.45, 7) is 3.91. The summed E-state index contributed by atoms with van der Waals surface area (Å²) in [4.78, 5) is 45.3. The summed E-state index contributed by atoms with van der Waals surface area (Å²) in [6.07, 6.45) is 0.763. The quantitative estimate of drug-likeness (QED) is 0.590. The smallest absolute Gasteiger partial charge is 0.240 e. The Morgan fingerprint density at radius 1 is 1.12 bits per heavy atom. The molecular weight excluding hydrogens is 433 g/mol. The van der Waals surface area contributed by atoms with E-state index in [-0.39, 0.29) is 42.3 Å². The number of amides is 3. The molecule has 2 heterocycles. The first-order chi connectivity index (χ1) is 16.2. The molecule has 7 heteroatoms. The monoisotopic (exact) mass is 465 g/mol. The van der Waals surface area contributed by atoms with E-state index in [2.05, 4.69) is 0 Å². The molecule has 0 aliphatic carbocycles. The SMILES string of the molecule is Cc1ccccc1[C@@]1(CC(=O)N2CC[C@H](c3ccc(F)cc3)C2)CC(=O)N(CCN(C)C)C1=O. The number of likely N-dealkylation sites (tertiary alicyclic amines) is 2. The molecule has 0 radical (unpaired) electrons. The van der Waals surface area contributed by atoms with Crippen LogP contribution in [0.3, 0.4) is 0 Å². The van der Waals surface area contributed by atoms with Gasteiger partial charge < -0.3 is 9.80 Å². The van der Waals surface area contributed by atoms with Crippen LogP contribution < -0.4 is 0 Å². The molecule has 0 spiro atoms. The molecule has 2 fully saturated rings. The molecular formula is C27H32FN3O3. The van der Waals surface area contributed by atoms with E-state index >= 15 is 0 Å². The van der Waals surface area contributed by atoms with Crippen molar-refractivity contribution in [2.75, 3.05) is 40.3 Å². The second kappa shape index (κ2) is 9.66. The number of likely N-dealkylation sites (N-methyl/N-ethyl adjacent to an activating group) is 1. The molecule has 2 atom stereocenters. The Hall–Kier alpha value is -3.06. The second-order valence-corrected chi connectivity index (χ2v) is 9.78. The number of carbonyl (C=O) groups excluding carboxylic acids is 3. The molecule has 3 amide bonds. The molecule has 4 rings (SSSR count). The Morgan fingerprint density at radius 3 is 2.50 bits per heavy atom. The predicted octanol–water partition coefficient (Wildman–Crippen LogP) is 3.10. The number of imide groups is 1. The number of rotatable bonds is 7. The van der Waals surface area contributed by atoms with Crippen LogP contribution in [-0.2, 0) is 19.8 Å². The van der Waals surface area contributed by atoms with Crippen LogP contribution in [0.2, 0.25) is 0 Å². The minimum Gasteiger partial charge on any atom is -0.342 e. The van der Waals surface area contributed by atoms with E-state index in [1.54, 1.807) is 17.0 Å². The maximum Gasteiger partial charge on any atom is 0.240 e. The molecule has 0 aromatic heterocycles. The maximum atomic E-state index is 13.8. The van der Waals surface area contributed by atoms with Gasteiger partial charge in [0.1, 0.15) is 5.82 Å². The Morgan fingerprint density at radius 2 is 1.82 bits per heavy atom. The minimum absolute atomic E-state index is 0.00505. The van der Waals surface area contributed by atoms with Crippen molar-refractivity contribution in [2.45, 2.75) is 37.5 Å². The third kappa shape index (κ3) is 4.62. The molecule has 2 aromatic rings. The number of hydrogen-bond acceptors (Lipinski definition) is 4. The van der Waals surface area contributed by atoms with Crippen LogP contribution in [0.15, 0.2) is 48.5 Å². The number of halogens is 1. The van der Waals surface area contributed by atoms with Gasteiger partial charge in [-0.05, 0) is 56.3 Å². The minimum atomic E-state index is -1.18. The fourth-order valence-electron chi connectivity index (χ4n) is 5.24. The highest BCUT2D eigenvalue weighted by molar-refractivity contribution is 6.11. The fourth-order valence-corrected chi connectivity index (χ4v) is 5.24. The predicted molar refractivity (Wildman–Crippen MR) is 128 cm³/mol. The van der Waals surface area contributed by atoms with Crippen LogP contribution in [0.4, 0.5) is 4.39 Å². The first kappa shape index (κ1) is 24.1. The molecule has 0 unspecified atom stereocenters. The normalized spacial score (nSPS) is 22.8. The molecule has 180 valence electrons. The van der Waals surface area contributed by atoms with Gasteiger partial charge in [0.25, 0.3) is 0 Å². The number of aryl methyl sites for hydroxylation is 1. The van der Waals surface area contributed by atoms with E-state index in [1.807, 2.05) is 50.2 Å². The van der Waals surface area contributed by atoms with Gasteiger partial charge >= 0.3 is 0 Å². The summed E-state index contributed by atoms with van der Waals surface area (Å²) in [7, 11) is 3.79. The van der Waals surface area contributed by atoms with Crippen LogP contribution in [0.5, 0.6) is 0 Å². The van der Waals surface area contributed by atoms with E-state index < -0.39 is 5.41 Å². The molecule has 2 saturated heterocycles. The highest BCUT2D eigenvalue weighted by Gasteiger charge is 2.54. The van der Waals surface area contributed by atoms with Crippen LogP contribution >= 0.6 is 0 Å². The molecule has 2 aliphatic heterocycles. The summed E-state index contributed by atoms with van der Waals surface area (Å²) in [6, 6.07) is 14.0. The van der Waals surface area contributed by atoms with Crippen molar-refractivity contribution in [1.82, 2.24) is 14.7 Å². The van der Waals surface area contributed by atoms with E-state index in [1.165, 1.54) is 17.0 Å². The van der Waals surface area contributed by atoms with Gasteiger partial charge in [-0.2, -0.15) is 0 Å². The van der Waals surface area contributed by atoms with Crippen molar-refractivity contribution < 1.29 is 18.8 Å². The number of benzene rings is 2. The Kier molecular flexibility index (Phi) is 6.84. The van der Waals surface area contributed by atoms with Crippen molar-refractivity contribution in [1.29, 1.82) is 0 Å². The largest absolute Gasteiger partial charge is 0.342 e. The van der Waals surface area contributed by atoms with Crippen LogP contribution in [0, 0.1) is 12.7 Å². The lowest BCUT2D eigenvalue weighted by atomic mass is 9.74. The van der Waals surface area contributed by atoms with Gasteiger partial charge in [0.15, 0.2) is 0 Å². The highest BCUT2D eigenvalue weighted by atomic mass is 19.1. The molecule has 0 saturated carbocycles. The number of hydrogen-bond donors (Lipinski definition) is 0. The molecule has 0 bridgehead atoms. The first-order valence-electron chi connectivity index (χ1n) is 11.8. The van der Waals surface area contributed by atoms with E-state index in [0.717, 1.165) is 23.1 Å². The molecule has 2 aromatic carbocycles.